The lowest BCUT2D eigenvalue weighted by Gasteiger charge is -2.18. The quantitative estimate of drug-likeness (QED) is 0.472. The molecule has 2 heterocycles. The van der Waals surface area contributed by atoms with Crippen LogP contribution in [0.25, 0.3) is 10.9 Å². The Morgan fingerprint density at radius 3 is 2.42 bits per heavy atom. The second-order valence-electron chi connectivity index (χ2n) is 6.90. The molecule has 8 heteroatoms. The number of nitrogens with zero attached hydrogens (tertiary/aromatic N) is 3. The summed E-state index contributed by atoms with van der Waals surface area (Å²) in [5.41, 5.74) is 3.30. The number of benzene rings is 1. The first kappa shape index (κ1) is 24.5. The van der Waals surface area contributed by atoms with E-state index in [1.165, 1.54) is 26.4 Å². The fourth-order valence-corrected chi connectivity index (χ4v) is 3.60. The summed E-state index contributed by atoms with van der Waals surface area (Å²) in [6.07, 6.45) is 6.06. The molecule has 2 aromatic heterocycles. The minimum atomic E-state index is -0.281. The number of amides is 1. The molecule has 1 amide bonds. The predicted molar refractivity (Wildman–Crippen MR) is 125 cm³/mol. The lowest BCUT2D eigenvalue weighted by molar-refractivity contribution is -0.116. The van der Waals surface area contributed by atoms with Crippen molar-refractivity contribution in [2.24, 2.45) is 0 Å². The van der Waals surface area contributed by atoms with Gasteiger partial charge >= 0.3 is 0 Å². The maximum absolute atomic E-state index is 13.1. The van der Waals surface area contributed by atoms with Crippen LogP contribution in [0.3, 0.4) is 0 Å². The van der Waals surface area contributed by atoms with Crippen molar-refractivity contribution in [1.29, 1.82) is 0 Å². The van der Waals surface area contributed by atoms with Gasteiger partial charge in [-0.3, -0.25) is 14.8 Å². The van der Waals surface area contributed by atoms with Crippen molar-refractivity contribution in [2.45, 2.75) is 33.6 Å². The summed E-state index contributed by atoms with van der Waals surface area (Å²) in [5, 5.41) is 0.998. The van der Waals surface area contributed by atoms with E-state index in [9.17, 15) is 9.18 Å². The normalized spacial score (nSPS) is 10.3. The average molecular weight is 492 g/mol. The van der Waals surface area contributed by atoms with Gasteiger partial charge in [-0.2, -0.15) is 0 Å². The molecule has 6 nitrogen and oxygen atoms in total. The Labute approximate surface area is 190 Å². The molecular formula is C23H27BrFN3O3. The third kappa shape index (κ3) is 5.70. The Balaban J connectivity index is 0.000000245. The fourth-order valence-electron chi connectivity index (χ4n) is 3.09. The molecule has 1 aromatic carbocycles. The maximum atomic E-state index is 13.1. The molecule has 166 valence electrons. The van der Waals surface area contributed by atoms with Crippen molar-refractivity contribution < 1.29 is 18.7 Å². The summed E-state index contributed by atoms with van der Waals surface area (Å²) in [4.78, 5) is 21.2. The van der Waals surface area contributed by atoms with Gasteiger partial charge in [0.25, 0.3) is 0 Å². The Hall–Kier alpha value is -2.74. The van der Waals surface area contributed by atoms with Crippen LogP contribution in [0, 0.1) is 12.7 Å². The molecule has 3 rings (SSSR count). The second-order valence-corrected chi connectivity index (χ2v) is 7.76. The molecule has 31 heavy (non-hydrogen) atoms. The van der Waals surface area contributed by atoms with E-state index >= 15 is 0 Å². The van der Waals surface area contributed by atoms with Gasteiger partial charge in [-0.05, 0) is 40.9 Å². The van der Waals surface area contributed by atoms with Crippen LogP contribution < -0.4 is 14.4 Å². The van der Waals surface area contributed by atoms with Crippen molar-refractivity contribution in [3.8, 4) is 11.5 Å². The smallest absolute Gasteiger partial charge is 0.223 e. The monoisotopic (exact) mass is 491 g/mol. The molecular weight excluding hydrogens is 465 g/mol. The summed E-state index contributed by atoms with van der Waals surface area (Å²) >= 11 is 3.47. The lowest BCUT2D eigenvalue weighted by atomic mass is 10.1. The van der Waals surface area contributed by atoms with Gasteiger partial charge in [-0.15, -0.1) is 0 Å². The van der Waals surface area contributed by atoms with Crippen molar-refractivity contribution in [3.63, 3.8) is 0 Å². The van der Waals surface area contributed by atoms with Gasteiger partial charge in [-0.1, -0.05) is 13.3 Å². The third-order valence-electron chi connectivity index (χ3n) is 4.90. The first-order valence-electron chi connectivity index (χ1n) is 9.78. The maximum Gasteiger partial charge on any atom is 0.223 e. The van der Waals surface area contributed by atoms with Crippen LogP contribution in [-0.4, -0.2) is 37.1 Å². The topological polar surface area (TPSA) is 64.6 Å². The van der Waals surface area contributed by atoms with Crippen LogP contribution in [0.15, 0.2) is 35.2 Å². The van der Waals surface area contributed by atoms with Crippen LogP contribution in [0.4, 0.5) is 10.1 Å². The van der Waals surface area contributed by atoms with Gasteiger partial charge < -0.3 is 14.4 Å². The largest absolute Gasteiger partial charge is 0.495 e. The summed E-state index contributed by atoms with van der Waals surface area (Å²) in [7, 11) is 4.89. The minimum absolute atomic E-state index is 0.0168. The zero-order valence-corrected chi connectivity index (χ0v) is 20.2. The van der Waals surface area contributed by atoms with Gasteiger partial charge in [0.2, 0.25) is 5.91 Å². The Morgan fingerprint density at radius 2 is 1.84 bits per heavy atom. The molecule has 0 unspecified atom stereocenters. The van der Waals surface area contributed by atoms with Gasteiger partial charge in [0, 0.05) is 31.0 Å². The Bertz CT molecular complexity index is 1080. The SMILES string of the molecule is CCCc1c(F)cncc1OC.COc1cc2ncc(N(C)C(C)=O)c(C)c2cc1Br. The van der Waals surface area contributed by atoms with E-state index in [2.05, 4.69) is 25.9 Å². The number of carbonyl (C=O) groups excluding carboxylic acids is 1. The first-order chi connectivity index (χ1) is 14.7. The summed E-state index contributed by atoms with van der Waals surface area (Å²) in [5.74, 6) is 0.983. The molecule has 0 atom stereocenters. The molecule has 3 aromatic rings. The van der Waals surface area contributed by atoms with Gasteiger partial charge in [0.1, 0.15) is 17.3 Å². The number of anilines is 1. The van der Waals surface area contributed by atoms with E-state index in [1.807, 2.05) is 26.0 Å². The molecule has 0 radical (unpaired) electrons. The highest BCUT2D eigenvalue weighted by Gasteiger charge is 2.13. The fraction of sp³-hybridized carbons (Fsp3) is 0.348. The predicted octanol–water partition coefficient (Wildman–Crippen LogP) is 5.48. The number of hydrogen-bond donors (Lipinski definition) is 0. The van der Waals surface area contributed by atoms with Gasteiger partial charge in [-0.25, -0.2) is 4.39 Å². The number of ether oxygens (including phenoxy) is 2. The lowest BCUT2D eigenvalue weighted by Crippen LogP contribution is -2.23. The number of fused-ring (bicyclic) bond motifs is 1. The third-order valence-corrected chi connectivity index (χ3v) is 5.52. The van der Waals surface area contributed by atoms with Crippen molar-refractivity contribution in [3.05, 3.63) is 52.1 Å². The highest BCUT2D eigenvalue weighted by Crippen LogP contribution is 2.33. The van der Waals surface area contributed by atoms with Crippen LogP contribution in [0.2, 0.25) is 0 Å². The van der Waals surface area contributed by atoms with Crippen LogP contribution in [-0.2, 0) is 11.2 Å². The van der Waals surface area contributed by atoms with Crippen molar-refractivity contribution >= 4 is 38.4 Å². The summed E-state index contributed by atoms with van der Waals surface area (Å²) < 4.78 is 24.2. The Morgan fingerprint density at radius 1 is 1.16 bits per heavy atom. The van der Waals surface area contributed by atoms with E-state index in [4.69, 9.17) is 9.47 Å². The van der Waals surface area contributed by atoms with E-state index < -0.39 is 0 Å². The van der Waals surface area contributed by atoms with E-state index in [0.29, 0.717) is 17.7 Å². The number of pyridine rings is 2. The van der Waals surface area contributed by atoms with Crippen molar-refractivity contribution in [1.82, 2.24) is 9.97 Å². The number of rotatable bonds is 5. The van der Waals surface area contributed by atoms with Crippen LogP contribution >= 0.6 is 15.9 Å². The summed E-state index contributed by atoms with van der Waals surface area (Å²) in [6.45, 7) is 5.52. The highest BCUT2D eigenvalue weighted by molar-refractivity contribution is 9.10. The number of hydrogen-bond acceptors (Lipinski definition) is 5. The minimum Gasteiger partial charge on any atom is -0.495 e. The molecule has 0 aliphatic rings. The van der Waals surface area contributed by atoms with E-state index in [1.54, 1.807) is 25.3 Å². The number of halogens is 2. The molecule has 0 aliphatic carbocycles. The zero-order chi connectivity index (χ0) is 23.1. The highest BCUT2D eigenvalue weighted by atomic mass is 79.9. The Kier molecular flexibility index (Phi) is 8.74. The van der Waals surface area contributed by atoms with Crippen molar-refractivity contribution in [2.75, 3.05) is 26.2 Å². The molecule has 0 bridgehead atoms. The number of aryl methyl sites for hydroxylation is 1. The molecule has 0 saturated carbocycles. The van der Waals surface area contributed by atoms with E-state index in [-0.39, 0.29) is 11.7 Å². The standard InChI is InChI=1S/C14H15BrN2O2.C9H12FNO/c1-8-10-5-11(15)14(19-4)6-12(10)16-7-13(8)17(3)9(2)18;1-3-4-7-8(10)5-11-6-9(7)12-2/h5-7H,1-4H3;5-6H,3-4H2,1-2H3. The van der Waals surface area contributed by atoms with Crippen LogP contribution in [0.5, 0.6) is 11.5 Å². The summed E-state index contributed by atoms with van der Waals surface area (Å²) in [6, 6.07) is 3.85. The molecule has 0 aliphatic heterocycles. The molecule has 0 fully saturated rings. The van der Waals surface area contributed by atoms with E-state index in [0.717, 1.165) is 38.8 Å². The number of carbonyl (C=O) groups is 1. The van der Waals surface area contributed by atoms with Gasteiger partial charge in [0.05, 0.1) is 48.5 Å². The molecule has 0 saturated heterocycles. The second kappa shape index (κ2) is 11.0. The van der Waals surface area contributed by atoms with Crippen LogP contribution in [0.1, 0.15) is 31.4 Å². The molecule has 0 spiro atoms. The molecule has 0 N–H and O–H groups in total. The van der Waals surface area contributed by atoms with Gasteiger partial charge in [0.15, 0.2) is 0 Å². The first-order valence-corrected chi connectivity index (χ1v) is 10.6. The number of methoxy groups -OCH3 is 2. The zero-order valence-electron chi connectivity index (χ0n) is 18.6. The number of aromatic nitrogens is 2. The average Bonchev–Trinajstić information content (AvgIpc) is 2.75.